The summed E-state index contributed by atoms with van der Waals surface area (Å²) >= 11 is 0. The minimum Gasteiger partial charge on any atom is -0.480 e. The maximum Gasteiger partial charge on any atom is 0.318 e. The summed E-state index contributed by atoms with van der Waals surface area (Å²) in [5.41, 5.74) is -0.352. The Hall–Kier alpha value is -2.00. The van der Waals surface area contributed by atoms with Crippen molar-refractivity contribution in [3.63, 3.8) is 0 Å². The Balaban J connectivity index is 3.34. The minimum absolute atomic E-state index is 0.0234. The number of hydrogen-bond acceptors (Lipinski definition) is 5. The molecule has 0 aliphatic heterocycles. The van der Waals surface area contributed by atoms with Crippen LogP contribution in [0.1, 0.15) is 5.56 Å². The molecule has 1 rings (SSSR count). The Morgan fingerprint density at radius 3 is 2.53 bits per heavy atom. The molecule has 0 aliphatic carbocycles. The molecule has 0 amide bonds. The molecule has 0 aromatic heterocycles. The van der Waals surface area contributed by atoms with Crippen molar-refractivity contribution >= 4 is 21.7 Å². The molecule has 0 radical (unpaired) electrons. The molecule has 0 aliphatic rings. The second kappa shape index (κ2) is 5.33. The molecule has 0 unspecified atom stereocenters. The maximum atomic E-state index is 12.1. The number of carboxylic acid groups (broad SMARTS) is 1. The van der Waals surface area contributed by atoms with Crippen LogP contribution in [0.15, 0.2) is 23.1 Å². The van der Waals surface area contributed by atoms with E-state index >= 15 is 0 Å². The van der Waals surface area contributed by atoms with Crippen LogP contribution < -0.4 is 0 Å². The van der Waals surface area contributed by atoms with E-state index in [1.54, 1.807) is 0 Å². The highest BCUT2D eigenvalue weighted by Gasteiger charge is 2.27. The first-order valence-electron chi connectivity index (χ1n) is 5.10. The summed E-state index contributed by atoms with van der Waals surface area (Å²) in [7, 11) is -2.97. The highest BCUT2D eigenvalue weighted by Crippen LogP contribution is 2.26. The van der Waals surface area contributed by atoms with Crippen LogP contribution in [0.4, 0.5) is 5.69 Å². The van der Waals surface area contributed by atoms with Gasteiger partial charge < -0.3 is 5.11 Å². The van der Waals surface area contributed by atoms with Gasteiger partial charge in [0, 0.05) is 18.7 Å². The topological polar surface area (TPSA) is 118 Å². The Labute approximate surface area is 109 Å². The molecule has 104 valence electrons. The summed E-state index contributed by atoms with van der Waals surface area (Å²) in [4.78, 5) is 20.3. The summed E-state index contributed by atoms with van der Waals surface area (Å²) in [5.74, 6) is -1.31. The zero-order valence-corrected chi connectivity index (χ0v) is 11.0. The number of carboxylic acids is 1. The number of carbonyl (C=O) groups is 1. The van der Waals surface area contributed by atoms with Crippen LogP contribution in [-0.4, -0.2) is 42.3 Å². The van der Waals surface area contributed by atoms with Crippen molar-refractivity contribution in [2.24, 2.45) is 0 Å². The van der Waals surface area contributed by atoms with Crippen molar-refractivity contribution in [1.29, 1.82) is 0 Å². The van der Waals surface area contributed by atoms with Gasteiger partial charge in [0.05, 0.1) is 9.82 Å². The average molecular weight is 288 g/mol. The van der Waals surface area contributed by atoms with Crippen LogP contribution in [0.25, 0.3) is 0 Å². The number of benzene rings is 1. The van der Waals surface area contributed by atoms with E-state index in [0.717, 1.165) is 7.05 Å². The van der Waals surface area contributed by atoms with E-state index < -0.39 is 27.5 Å². The SMILES string of the molecule is Cc1c([N+](=O)[O-])cccc1S(=O)(=O)N(C)CC(=O)O. The van der Waals surface area contributed by atoms with Crippen molar-refractivity contribution < 1.29 is 23.2 Å². The van der Waals surface area contributed by atoms with E-state index in [4.69, 9.17) is 5.11 Å². The van der Waals surface area contributed by atoms with Gasteiger partial charge >= 0.3 is 5.97 Å². The fourth-order valence-electron chi connectivity index (χ4n) is 1.52. The van der Waals surface area contributed by atoms with Crippen molar-refractivity contribution in [2.75, 3.05) is 13.6 Å². The van der Waals surface area contributed by atoms with Crippen molar-refractivity contribution in [3.05, 3.63) is 33.9 Å². The van der Waals surface area contributed by atoms with Crippen LogP contribution in [0.2, 0.25) is 0 Å². The third-order valence-corrected chi connectivity index (χ3v) is 4.45. The average Bonchev–Trinajstić information content (AvgIpc) is 2.27. The Bertz CT molecular complexity index is 625. The number of nitro benzene ring substituents is 1. The molecule has 8 nitrogen and oxygen atoms in total. The van der Waals surface area contributed by atoms with Gasteiger partial charge in [0.2, 0.25) is 10.0 Å². The minimum atomic E-state index is -4.07. The van der Waals surface area contributed by atoms with Gasteiger partial charge in [0.25, 0.3) is 5.69 Å². The largest absolute Gasteiger partial charge is 0.480 e. The third-order valence-electron chi connectivity index (χ3n) is 2.50. The van der Waals surface area contributed by atoms with E-state index in [9.17, 15) is 23.3 Å². The molecule has 0 heterocycles. The quantitative estimate of drug-likeness (QED) is 0.626. The van der Waals surface area contributed by atoms with Crippen LogP contribution in [0.5, 0.6) is 0 Å². The second-order valence-electron chi connectivity index (χ2n) is 3.81. The van der Waals surface area contributed by atoms with Crippen molar-refractivity contribution in [3.8, 4) is 0 Å². The smallest absolute Gasteiger partial charge is 0.318 e. The molecule has 0 spiro atoms. The first-order valence-corrected chi connectivity index (χ1v) is 6.54. The number of rotatable bonds is 5. The van der Waals surface area contributed by atoms with E-state index in [1.807, 2.05) is 0 Å². The predicted molar refractivity (Wildman–Crippen MR) is 65.3 cm³/mol. The van der Waals surface area contributed by atoms with Gasteiger partial charge in [-0.15, -0.1) is 0 Å². The lowest BCUT2D eigenvalue weighted by Crippen LogP contribution is -2.32. The Morgan fingerprint density at radius 2 is 2.05 bits per heavy atom. The first-order chi connectivity index (χ1) is 8.67. The number of nitrogens with zero attached hydrogens (tertiary/aromatic N) is 2. The molecular formula is C10H12N2O6S. The van der Waals surface area contributed by atoms with Crippen LogP contribution in [-0.2, 0) is 14.8 Å². The van der Waals surface area contributed by atoms with Gasteiger partial charge in [0.15, 0.2) is 0 Å². The normalized spacial score (nSPS) is 11.5. The highest BCUT2D eigenvalue weighted by atomic mass is 32.2. The lowest BCUT2D eigenvalue weighted by atomic mass is 10.2. The predicted octanol–water partition coefficient (Wildman–Crippen LogP) is 0.608. The zero-order valence-electron chi connectivity index (χ0n) is 10.2. The van der Waals surface area contributed by atoms with Gasteiger partial charge in [-0.3, -0.25) is 14.9 Å². The van der Waals surface area contributed by atoms with E-state index in [-0.39, 0.29) is 16.1 Å². The zero-order chi connectivity index (χ0) is 14.8. The lowest BCUT2D eigenvalue weighted by Gasteiger charge is -2.16. The Morgan fingerprint density at radius 1 is 1.47 bits per heavy atom. The van der Waals surface area contributed by atoms with Gasteiger partial charge in [-0.05, 0) is 13.0 Å². The molecule has 1 aromatic carbocycles. The molecule has 0 fully saturated rings. The van der Waals surface area contributed by atoms with E-state index in [2.05, 4.69) is 0 Å². The van der Waals surface area contributed by atoms with E-state index in [0.29, 0.717) is 4.31 Å². The molecule has 0 atom stereocenters. The van der Waals surface area contributed by atoms with Crippen molar-refractivity contribution in [2.45, 2.75) is 11.8 Å². The number of likely N-dealkylation sites (N-methyl/N-ethyl adjacent to an activating group) is 1. The number of nitro groups is 1. The second-order valence-corrected chi connectivity index (χ2v) is 5.83. The molecule has 0 saturated carbocycles. The van der Waals surface area contributed by atoms with Gasteiger partial charge in [-0.25, -0.2) is 8.42 Å². The highest BCUT2D eigenvalue weighted by molar-refractivity contribution is 7.89. The Kier molecular flexibility index (Phi) is 4.22. The molecule has 1 aromatic rings. The molecular weight excluding hydrogens is 276 g/mol. The summed E-state index contributed by atoms with van der Waals surface area (Å²) in [6, 6.07) is 3.63. The van der Waals surface area contributed by atoms with Crippen LogP contribution in [0, 0.1) is 17.0 Å². The summed E-state index contributed by atoms with van der Waals surface area (Å²) in [6.07, 6.45) is 0. The lowest BCUT2D eigenvalue weighted by molar-refractivity contribution is -0.385. The summed E-state index contributed by atoms with van der Waals surface area (Å²) in [5, 5.41) is 19.3. The van der Waals surface area contributed by atoms with Gasteiger partial charge in [-0.2, -0.15) is 4.31 Å². The van der Waals surface area contributed by atoms with Crippen molar-refractivity contribution in [1.82, 2.24) is 4.31 Å². The maximum absolute atomic E-state index is 12.1. The van der Waals surface area contributed by atoms with Gasteiger partial charge in [-0.1, -0.05) is 6.07 Å². The fourth-order valence-corrected chi connectivity index (χ4v) is 2.88. The van der Waals surface area contributed by atoms with Crippen LogP contribution in [0.3, 0.4) is 0 Å². The summed E-state index contributed by atoms with van der Waals surface area (Å²) in [6.45, 7) is 0.587. The van der Waals surface area contributed by atoms with E-state index in [1.165, 1.54) is 25.1 Å². The number of sulfonamides is 1. The monoisotopic (exact) mass is 288 g/mol. The standard InChI is InChI=1S/C10H12N2O6S/c1-7-8(12(15)16)4-3-5-9(7)19(17,18)11(2)6-10(13)14/h3-5H,6H2,1-2H3,(H,13,14). The number of hydrogen-bond donors (Lipinski definition) is 1. The summed E-state index contributed by atoms with van der Waals surface area (Å²) < 4.78 is 24.8. The molecule has 1 N–H and O–H groups in total. The van der Waals surface area contributed by atoms with Crippen LogP contribution >= 0.6 is 0 Å². The first kappa shape index (κ1) is 15.1. The molecule has 0 bridgehead atoms. The fraction of sp³-hybridized carbons (Fsp3) is 0.300. The molecule has 19 heavy (non-hydrogen) atoms. The molecule has 9 heteroatoms. The van der Waals surface area contributed by atoms with Gasteiger partial charge in [0.1, 0.15) is 6.54 Å². The third kappa shape index (κ3) is 3.06. The number of aliphatic carboxylic acids is 1. The molecule has 0 saturated heterocycles.